The second kappa shape index (κ2) is 5.96. The van der Waals surface area contributed by atoms with Gasteiger partial charge in [-0.3, -0.25) is 0 Å². The molecule has 0 fully saturated rings. The smallest absolute Gasteiger partial charge is 0.243 e. The van der Waals surface area contributed by atoms with E-state index in [0.29, 0.717) is 0 Å². The average molecular weight is 341 g/mol. The molecule has 0 radical (unpaired) electrons. The second-order valence-corrected chi connectivity index (χ2v) is 6.44. The number of nitrogens with two attached hydrogens (primary N) is 1. The van der Waals surface area contributed by atoms with Crippen LogP contribution in [-0.2, 0) is 10.0 Å². The maximum absolute atomic E-state index is 13.7. The van der Waals surface area contributed by atoms with Crippen molar-refractivity contribution in [2.75, 3.05) is 12.3 Å². The SMILES string of the molecule is CC(O)CCNS(=O)(=O)c1cc(N)cc(Br)c1F. The molecule has 0 saturated heterocycles. The molecule has 1 rings (SSSR count). The van der Waals surface area contributed by atoms with Gasteiger partial charge in [0.1, 0.15) is 4.90 Å². The lowest BCUT2D eigenvalue weighted by atomic mass is 10.3. The van der Waals surface area contributed by atoms with Gasteiger partial charge in [-0.1, -0.05) is 0 Å². The fourth-order valence-corrected chi connectivity index (χ4v) is 3.05. The van der Waals surface area contributed by atoms with Crippen LogP contribution in [0.2, 0.25) is 0 Å². The molecule has 0 heterocycles. The molecule has 1 atom stereocenters. The molecule has 0 amide bonds. The van der Waals surface area contributed by atoms with Crippen molar-refractivity contribution in [3.8, 4) is 0 Å². The molecule has 1 aromatic rings. The largest absolute Gasteiger partial charge is 0.399 e. The Bertz CT molecular complexity index is 534. The van der Waals surface area contributed by atoms with Crippen molar-refractivity contribution in [2.45, 2.75) is 24.3 Å². The van der Waals surface area contributed by atoms with Crippen LogP contribution in [0.3, 0.4) is 0 Å². The number of sulfonamides is 1. The third-order valence-electron chi connectivity index (χ3n) is 2.16. The highest BCUT2D eigenvalue weighted by Gasteiger charge is 2.21. The summed E-state index contributed by atoms with van der Waals surface area (Å²) in [4.78, 5) is -0.514. The molecule has 0 aliphatic rings. The van der Waals surface area contributed by atoms with Crippen LogP contribution in [0.25, 0.3) is 0 Å². The Morgan fingerprint density at radius 2 is 2.17 bits per heavy atom. The first-order valence-corrected chi connectivity index (χ1v) is 7.44. The van der Waals surface area contributed by atoms with Gasteiger partial charge in [0, 0.05) is 12.2 Å². The van der Waals surface area contributed by atoms with Crippen molar-refractivity contribution in [1.82, 2.24) is 4.72 Å². The topological polar surface area (TPSA) is 92.4 Å². The molecule has 4 N–H and O–H groups in total. The van der Waals surface area contributed by atoms with Crippen molar-refractivity contribution >= 4 is 31.6 Å². The van der Waals surface area contributed by atoms with Gasteiger partial charge in [0.05, 0.1) is 10.6 Å². The number of aliphatic hydroxyl groups excluding tert-OH is 1. The standard InChI is InChI=1S/C10H14BrFN2O3S/c1-6(15)2-3-14-18(16,17)9-5-7(13)4-8(11)10(9)12/h4-6,14-15H,2-3,13H2,1H3. The van der Waals surface area contributed by atoms with Gasteiger partial charge >= 0.3 is 0 Å². The summed E-state index contributed by atoms with van der Waals surface area (Å²) in [6.45, 7) is 1.55. The van der Waals surface area contributed by atoms with Crippen molar-refractivity contribution < 1.29 is 17.9 Å². The van der Waals surface area contributed by atoms with E-state index in [1.165, 1.54) is 13.0 Å². The Balaban J connectivity index is 2.98. The lowest BCUT2D eigenvalue weighted by molar-refractivity contribution is 0.186. The predicted octanol–water partition coefficient (Wildman–Crippen LogP) is 1.22. The Hall–Kier alpha value is -0.700. The number of rotatable bonds is 5. The quantitative estimate of drug-likeness (QED) is 0.702. The minimum absolute atomic E-state index is 0.0154. The maximum atomic E-state index is 13.7. The summed E-state index contributed by atoms with van der Waals surface area (Å²) in [5, 5.41) is 9.03. The molecule has 0 aliphatic carbocycles. The number of benzene rings is 1. The molecular formula is C10H14BrFN2O3S. The van der Waals surface area contributed by atoms with E-state index in [1.54, 1.807) is 0 Å². The molecule has 102 valence electrons. The Morgan fingerprint density at radius 3 is 2.72 bits per heavy atom. The summed E-state index contributed by atoms with van der Waals surface area (Å²) in [7, 11) is -3.98. The average Bonchev–Trinajstić information content (AvgIpc) is 2.22. The van der Waals surface area contributed by atoms with Crippen LogP contribution in [0.1, 0.15) is 13.3 Å². The van der Waals surface area contributed by atoms with Gasteiger partial charge in [0.25, 0.3) is 0 Å². The minimum Gasteiger partial charge on any atom is -0.399 e. The van der Waals surface area contributed by atoms with E-state index < -0.39 is 26.8 Å². The van der Waals surface area contributed by atoms with E-state index in [4.69, 9.17) is 10.8 Å². The first-order chi connectivity index (χ1) is 8.24. The Labute approximate surface area is 113 Å². The molecule has 1 unspecified atom stereocenters. The molecule has 0 aromatic heterocycles. The number of nitrogens with one attached hydrogen (secondary N) is 1. The van der Waals surface area contributed by atoms with Crippen molar-refractivity contribution in [1.29, 1.82) is 0 Å². The summed E-state index contributed by atoms with van der Waals surface area (Å²) in [6.07, 6.45) is -0.394. The minimum atomic E-state index is -3.98. The van der Waals surface area contributed by atoms with Crippen LogP contribution in [0, 0.1) is 5.82 Å². The van der Waals surface area contributed by atoms with E-state index in [-0.39, 0.29) is 23.1 Å². The van der Waals surface area contributed by atoms with E-state index in [1.807, 2.05) is 0 Å². The van der Waals surface area contributed by atoms with Gasteiger partial charge in [0.15, 0.2) is 5.82 Å². The lowest BCUT2D eigenvalue weighted by Gasteiger charge is -2.10. The molecule has 1 aromatic carbocycles. The molecule has 18 heavy (non-hydrogen) atoms. The summed E-state index contributed by atoms with van der Waals surface area (Å²) in [5.41, 5.74) is 5.61. The van der Waals surface area contributed by atoms with Gasteiger partial charge < -0.3 is 10.8 Å². The van der Waals surface area contributed by atoms with Crippen molar-refractivity contribution in [2.24, 2.45) is 0 Å². The second-order valence-electron chi connectivity index (χ2n) is 3.85. The summed E-state index contributed by atoms with van der Waals surface area (Å²) < 4.78 is 39.5. The lowest BCUT2D eigenvalue weighted by Crippen LogP contribution is -2.27. The van der Waals surface area contributed by atoms with Crippen LogP contribution in [0.15, 0.2) is 21.5 Å². The fourth-order valence-electron chi connectivity index (χ4n) is 1.26. The zero-order chi connectivity index (χ0) is 13.9. The Morgan fingerprint density at radius 1 is 1.56 bits per heavy atom. The van der Waals surface area contributed by atoms with Gasteiger partial charge in [0.2, 0.25) is 10.0 Å². The number of nitrogen functional groups attached to an aromatic ring is 1. The normalized spacial score (nSPS) is 13.6. The molecule has 0 saturated carbocycles. The zero-order valence-corrected chi connectivity index (χ0v) is 12.1. The van der Waals surface area contributed by atoms with E-state index in [2.05, 4.69) is 20.7 Å². The monoisotopic (exact) mass is 340 g/mol. The predicted molar refractivity (Wildman–Crippen MR) is 70.0 cm³/mol. The first kappa shape index (κ1) is 15.4. The van der Waals surface area contributed by atoms with Crippen LogP contribution in [0.4, 0.5) is 10.1 Å². The van der Waals surface area contributed by atoms with Crippen LogP contribution >= 0.6 is 15.9 Å². The molecule has 0 bridgehead atoms. The zero-order valence-electron chi connectivity index (χ0n) is 9.65. The van der Waals surface area contributed by atoms with E-state index >= 15 is 0 Å². The van der Waals surface area contributed by atoms with Gasteiger partial charge in [-0.2, -0.15) is 0 Å². The highest BCUT2D eigenvalue weighted by Crippen LogP contribution is 2.25. The van der Waals surface area contributed by atoms with Gasteiger partial charge in [-0.05, 0) is 41.4 Å². The third kappa shape index (κ3) is 3.91. The number of hydrogen-bond donors (Lipinski definition) is 3. The number of halogens is 2. The summed E-state index contributed by atoms with van der Waals surface area (Å²) >= 11 is 2.89. The highest BCUT2D eigenvalue weighted by atomic mass is 79.9. The first-order valence-electron chi connectivity index (χ1n) is 5.16. The van der Waals surface area contributed by atoms with Gasteiger partial charge in [-0.25, -0.2) is 17.5 Å². The van der Waals surface area contributed by atoms with Gasteiger partial charge in [-0.15, -0.1) is 0 Å². The molecular weight excluding hydrogens is 327 g/mol. The maximum Gasteiger partial charge on any atom is 0.243 e. The molecule has 0 spiro atoms. The van der Waals surface area contributed by atoms with Crippen LogP contribution in [-0.4, -0.2) is 26.2 Å². The van der Waals surface area contributed by atoms with Crippen molar-refractivity contribution in [3.05, 3.63) is 22.4 Å². The molecule has 8 heteroatoms. The van der Waals surface area contributed by atoms with E-state index in [9.17, 15) is 12.8 Å². The number of aliphatic hydroxyl groups is 1. The van der Waals surface area contributed by atoms with Crippen LogP contribution in [0.5, 0.6) is 0 Å². The fraction of sp³-hybridized carbons (Fsp3) is 0.400. The van der Waals surface area contributed by atoms with E-state index in [0.717, 1.165) is 6.07 Å². The van der Waals surface area contributed by atoms with Crippen molar-refractivity contribution in [3.63, 3.8) is 0 Å². The number of hydrogen-bond acceptors (Lipinski definition) is 4. The molecule has 5 nitrogen and oxygen atoms in total. The third-order valence-corrected chi connectivity index (χ3v) is 4.20. The van der Waals surface area contributed by atoms with Crippen LogP contribution < -0.4 is 10.5 Å². The number of anilines is 1. The highest BCUT2D eigenvalue weighted by molar-refractivity contribution is 9.10. The molecule has 0 aliphatic heterocycles. The summed E-state index contributed by atoms with van der Waals surface area (Å²) in [5.74, 6) is -0.895. The summed E-state index contributed by atoms with van der Waals surface area (Å²) in [6, 6.07) is 2.33. The Kier molecular flexibility index (Phi) is 5.09.